The molecular weight excluding hydrogens is 270 g/mol. The summed E-state index contributed by atoms with van der Waals surface area (Å²) in [6.07, 6.45) is 2.08. The van der Waals surface area contributed by atoms with Gasteiger partial charge in [-0.05, 0) is 6.07 Å². The Bertz CT molecular complexity index is 603. The number of carbonyl (C=O) groups is 1. The number of hydrogen-bond donors (Lipinski definition) is 0. The lowest BCUT2D eigenvalue weighted by Crippen LogP contribution is -2.31. The van der Waals surface area contributed by atoms with Crippen LogP contribution in [0.4, 0.5) is 5.95 Å². The Morgan fingerprint density at radius 1 is 1.24 bits per heavy atom. The van der Waals surface area contributed by atoms with Gasteiger partial charge >= 0.3 is 5.97 Å². The van der Waals surface area contributed by atoms with E-state index in [1.54, 1.807) is 13.3 Å². The zero-order valence-corrected chi connectivity index (χ0v) is 12.3. The third-order valence-electron chi connectivity index (χ3n) is 3.14. The third kappa shape index (κ3) is 4.13. The van der Waals surface area contributed by atoms with E-state index in [1.807, 2.05) is 29.2 Å². The highest BCUT2D eigenvalue weighted by atomic mass is 16.5. The fraction of sp³-hybridized carbons (Fsp3) is 0.400. The number of benzene rings is 1. The maximum Gasteiger partial charge on any atom is 0.307 e. The second-order valence-electron chi connectivity index (χ2n) is 4.53. The van der Waals surface area contributed by atoms with Crippen LogP contribution in [0.15, 0.2) is 30.5 Å². The zero-order chi connectivity index (χ0) is 15.1. The molecule has 0 saturated heterocycles. The van der Waals surface area contributed by atoms with Crippen LogP contribution >= 0.6 is 0 Å². The topological polar surface area (TPSA) is 64.5 Å². The quantitative estimate of drug-likeness (QED) is 0.722. The summed E-state index contributed by atoms with van der Waals surface area (Å²) in [5, 5.41) is 0.987. The summed E-state index contributed by atoms with van der Waals surface area (Å²) in [5.74, 6) is 0.341. The minimum atomic E-state index is -0.252. The first-order valence-corrected chi connectivity index (χ1v) is 6.77. The molecule has 1 aromatic heterocycles. The average Bonchev–Trinajstić information content (AvgIpc) is 2.54. The summed E-state index contributed by atoms with van der Waals surface area (Å²) in [5.41, 5.74) is 0.878. The molecule has 0 aliphatic rings. The predicted molar refractivity (Wildman–Crippen MR) is 80.3 cm³/mol. The lowest BCUT2D eigenvalue weighted by molar-refractivity contribution is -0.140. The van der Waals surface area contributed by atoms with E-state index in [9.17, 15) is 4.79 Å². The van der Waals surface area contributed by atoms with Crippen LogP contribution < -0.4 is 4.90 Å². The van der Waals surface area contributed by atoms with Crippen molar-refractivity contribution in [2.45, 2.75) is 6.42 Å². The SMILES string of the molecule is COCCN(CCC(=O)OC)c1ncc2ccccc2n1. The van der Waals surface area contributed by atoms with Crippen LogP contribution in [0.1, 0.15) is 6.42 Å². The van der Waals surface area contributed by atoms with Crippen LogP contribution in [0.2, 0.25) is 0 Å². The molecule has 0 atom stereocenters. The van der Waals surface area contributed by atoms with E-state index in [-0.39, 0.29) is 12.4 Å². The zero-order valence-electron chi connectivity index (χ0n) is 12.3. The van der Waals surface area contributed by atoms with Gasteiger partial charge in [-0.25, -0.2) is 9.97 Å². The van der Waals surface area contributed by atoms with E-state index in [4.69, 9.17) is 4.74 Å². The van der Waals surface area contributed by atoms with Crippen molar-refractivity contribution in [3.63, 3.8) is 0 Å². The van der Waals surface area contributed by atoms with Crippen molar-refractivity contribution < 1.29 is 14.3 Å². The van der Waals surface area contributed by atoms with Gasteiger partial charge in [0.25, 0.3) is 0 Å². The van der Waals surface area contributed by atoms with Gasteiger partial charge in [-0.15, -0.1) is 0 Å². The van der Waals surface area contributed by atoms with E-state index in [0.29, 0.717) is 25.6 Å². The smallest absolute Gasteiger partial charge is 0.307 e. The van der Waals surface area contributed by atoms with Crippen molar-refractivity contribution in [3.05, 3.63) is 30.5 Å². The Morgan fingerprint density at radius 2 is 2.05 bits per heavy atom. The number of methoxy groups -OCH3 is 2. The number of carbonyl (C=O) groups excluding carboxylic acids is 1. The normalized spacial score (nSPS) is 10.6. The number of anilines is 1. The van der Waals surface area contributed by atoms with Crippen molar-refractivity contribution in [1.82, 2.24) is 9.97 Å². The fourth-order valence-electron chi connectivity index (χ4n) is 1.96. The molecule has 21 heavy (non-hydrogen) atoms. The highest BCUT2D eigenvalue weighted by Crippen LogP contribution is 2.15. The standard InChI is InChI=1S/C15H19N3O3/c1-20-10-9-18(8-7-14(19)21-2)15-16-11-12-5-3-4-6-13(12)17-15/h3-6,11H,7-10H2,1-2H3. The average molecular weight is 289 g/mol. The second kappa shape index (κ2) is 7.54. The molecule has 0 spiro atoms. The van der Waals surface area contributed by atoms with Crippen molar-refractivity contribution in [3.8, 4) is 0 Å². The molecule has 0 aliphatic heterocycles. The Kier molecular flexibility index (Phi) is 5.45. The van der Waals surface area contributed by atoms with Crippen LogP contribution in [-0.4, -0.2) is 49.9 Å². The van der Waals surface area contributed by atoms with Crippen molar-refractivity contribution in [2.75, 3.05) is 38.8 Å². The van der Waals surface area contributed by atoms with Gasteiger partial charge in [0, 0.05) is 31.8 Å². The summed E-state index contributed by atoms with van der Waals surface area (Å²) in [6, 6.07) is 7.79. The van der Waals surface area contributed by atoms with Gasteiger partial charge in [-0.2, -0.15) is 0 Å². The van der Waals surface area contributed by atoms with E-state index in [1.165, 1.54) is 7.11 Å². The number of esters is 1. The number of para-hydroxylation sites is 1. The minimum Gasteiger partial charge on any atom is -0.469 e. The first-order valence-electron chi connectivity index (χ1n) is 6.77. The maximum atomic E-state index is 11.3. The van der Waals surface area contributed by atoms with Gasteiger partial charge in [0.2, 0.25) is 5.95 Å². The molecule has 6 heteroatoms. The molecular formula is C15H19N3O3. The van der Waals surface area contributed by atoms with Gasteiger partial charge in [0.1, 0.15) is 0 Å². The summed E-state index contributed by atoms with van der Waals surface area (Å²) in [4.78, 5) is 22.1. The number of ether oxygens (including phenoxy) is 2. The van der Waals surface area contributed by atoms with Gasteiger partial charge in [0.15, 0.2) is 0 Å². The molecule has 0 fully saturated rings. The molecule has 0 bridgehead atoms. The Morgan fingerprint density at radius 3 is 2.81 bits per heavy atom. The molecule has 0 N–H and O–H groups in total. The molecule has 2 rings (SSSR count). The first-order chi connectivity index (χ1) is 10.2. The monoisotopic (exact) mass is 289 g/mol. The Labute approximate surface area is 123 Å². The fourth-order valence-corrected chi connectivity index (χ4v) is 1.96. The molecule has 0 aliphatic carbocycles. The molecule has 0 unspecified atom stereocenters. The van der Waals surface area contributed by atoms with Gasteiger partial charge < -0.3 is 14.4 Å². The van der Waals surface area contributed by atoms with Crippen LogP contribution in [0.25, 0.3) is 10.9 Å². The minimum absolute atomic E-state index is 0.252. The number of nitrogens with zero attached hydrogens (tertiary/aromatic N) is 3. The lowest BCUT2D eigenvalue weighted by atomic mass is 10.2. The molecule has 2 aromatic rings. The van der Waals surface area contributed by atoms with Gasteiger partial charge in [-0.3, -0.25) is 4.79 Å². The molecule has 6 nitrogen and oxygen atoms in total. The van der Waals surface area contributed by atoms with Crippen molar-refractivity contribution in [2.24, 2.45) is 0 Å². The van der Waals surface area contributed by atoms with Crippen molar-refractivity contribution >= 4 is 22.8 Å². The van der Waals surface area contributed by atoms with Gasteiger partial charge in [0.05, 0.1) is 25.7 Å². The summed E-state index contributed by atoms with van der Waals surface area (Å²) >= 11 is 0. The summed E-state index contributed by atoms with van der Waals surface area (Å²) in [6.45, 7) is 1.65. The van der Waals surface area contributed by atoms with Crippen LogP contribution in [0.3, 0.4) is 0 Å². The summed E-state index contributed by atoms with van der Waals surface area (Å²) < 4.78 is 9.77. The first kappa shape index (κ1) is 15.2. The van der Waals surface area contributed by atoms with E-state index in [2.05, 4.69) is 14.7 Å². The van der Waals surface area contributed by atoms with E-state index in [0.717, 1.165) is 10.9 Å². The number of hydrogen-bond acceptors (Lipinski definition) is 6. The largest absolute Gasteiger partial charge is 0.469 e. The number of rotatable bonds is 7. The Hall–Kier alpha value is -2.21. The van der Waals surface area contributed by atoms with E-state index >= 15 is 0 Å². The molecule has 0 amide bonds. The summed E-state index contributed by atoms with van der Waals surface area (Å²) in [7, 11) is 3.02. The number of aromatic nitrogens is 2. The van der Waals surface area contributed by atoms with Crippen LogP contribution in [0, 0.1) is 0 Å². The third-order valence-corrected chi connectivity index (χ3v) is 3.14. The van der Waals surface area contributed by atoms with Crippen molar-refractivity contribution in [1.29, 1.82) is 0 Å². The predicted octanol–water partition coefficient (Wildman–Crippen LogP) is 1.65. The number of fused-ring (bicyclic) bond motifs is 1. The second-order valence-corrected chi connectivity index (χ2v) is 4.53. The molecule has 0 saturated carbocycles. The Balaban J connectivity index is 2.18. The lowest BCUT2D eigenvalue weighted by Gasteiger charge is -2.21. The highest BCUT2D eigenvalue weighted by molar-refractivity contribution is 5.78. The molecule has 1 aromatic carbocycles. The maximum absolute atomic E-state index is 11.3. The molecule has 112 valence electrons. The van der Waals surface area contributed by atoms with Crippen LogP contribution in [0.5, 0.6) is 0 Å². The molecule has 1 heterocycles. The van der Waals surface area contributed by atoms with Crippen LogP contribution in [-0.2, 0) is 14.3 Å². The highest BCUT2D eigenvalue weighted by Gasteiger charge is 2.12. The molecule has 0 radical (unpaired) electrons. The van der Waals surface area contributed by atoms with Gasteiger partial charge in [-0.1, -0.05) is 18.2 Å². The van der Waals surface area contributed by atoms with E-state index < -0.39 is 0 Å².